The van der Waals surface area contributed by atoms with Gasteiger partial charge in [0, 0.05) is 19.8 Å². The van der Waals surface area contributed by atoms with E-state index < -0.39 is 0 Å². The number of amides is 1. The van der Waals surface area contributed by atoms with E-state index in [0.717, 1.165) is 22.1 Å². The molecule has 1 amide bonds. The molecule has 1 aliphatic heterocycles. The van der Waals surface area contributed by atoms with Crippen molar-refractivity contribution in [1.82, 2.24) is 9.47 Å². The van der Waals surface area contributed by atoms with Gasteiger partial charge in [0.1, 0.15) is 17.5 Å². The molecule has 1 atom stereocenters. The molecule has 0 aliphatic carbocycles. The molecule has 1 aromatic heterocycles. The minimum atomic E-state index is -0.112. The van der Waals surface area contributed by atoms with Gasteiger partial charge in [0.05, 0.1) is 20.3 Å². The van der Waals surface area contributed by atoms with Gasteiger partial charge < -0.3 is 18.9 Å². The number of hydrogen-bond donors (Lipinski definition) is 0. The maximum absolute atomic E-state index is 12.8. The van der Waals surface area contributed by atoms with E-state index in [1.54, 1.807) is 7.11 Å². The molecule has 26 heavy (non-hydrogen) atoms. The third kappa shape index (κ3) is 3.06. The summed E-state index contributed by atoms with van der Waals surface area (Å²) in [4.78, 5) is 14.7. The van der Waals surface area contributed by atoms with Crippen LogP contribution in [0, 0.1) is 0 Å². The number of aromatic nitrogens is 1. The summed E-state index contributed by atoms with van der Waals surface area (Å²) in [5.41, 5.74) is 1.79. The van der Waals surface area contributed by atoms with Crippen molar-refractivity contribution < 1.29 is 14.3 Å². The zero-order chi connectivity index (χ0) is 18.1. The first-order valence-corrected chi connectivity index (χ1v) is 8.75. The van der Waals surface area contributed by atoms with Crippen LogP contribution in [0.3, 0.4) is 0 Å². The second-order valence-electron chi connectivity index (χ2n) is 6.59. The van der Waals surface area contributed by atoms with Crippen LogP contribution in [0.2, 0.25) is 0 Å². The van der Waals surface area contributed by atoms with Gasteiger partial charge in [-0.25, -0.2) is 0 Å². The highest BCUT2D eigenvalue weighted by atomic mass is 16.5. The van der Waals surface area contributed by atoms with Crippen LogP contribution in [-0.4, -0.2) is 42.2 Å². The SMILES string of the molecule is COc1ccc2cc([C@H]3CN(C(=O)c4cccn4C)CCO3)ccc2c1. The number of fused-ring (bicyclic) bond motifs is 1. The fourth-order valence-electron chi connectivity index (χ4n) is 3.45. The summed E-state index contributed by atoms with van der Waals surface area (Å²) >= 11 is 0. The molecule has 1 saturated heterocycles. The molecule has 5 nitrogen and oxygen atoms in total. The van der Waals surface area contributed by atoms with Gasteiger partial charge in [-0.2, -0.15) is 0 Å². The first-order valence-electron chi connectivity index (χ1n) is 8.75. The molecule has 0 N–H and O–H groups in total. The van der Waals surface area contributed by atoms with Crippen LogP contribution in [-0.2, 0) is 11.8 Å². The lowest BCUT2D eigenvalue weighted by molar-refractivity contribution is -0.0230. The lowest BCUT2D eigenvalue weighted by atomic mass is 10.0. The summed E-state index contributed by atoms with van der Waals surface area (Å²) in [5.74, 6) is 0.898. The molecule has 2 heterocycles. The molecular formula is C21H22N2O3. The lowest BCUT2D eigenvalue weighted by Crippen LogP contribution is -2.42. The van der Waals surface area contributed by atoms with Gasteiger partial charge in [0.2, 0.25) is 0 Å². The van der Waals surface area contributed by atoms with E-state index in [2.05, 4.69) is 18.2 Å². The molecule has 0 spiro atoms. The second kappa shape index (κ2) is 6.84. The van der Waals surface area contributed by atoms with Crippen LogP contribution < -0.4 is 4.74 Å². The van der Waals surface area contributed by atoms with E-state index in [4.69, 9.17) is 9.47 Å². The molecule has 2 aromatic carbocycles. The third-order valence-electron chi connectivity index (χ3n) is 4.96. The van der Waals surface area contributed by atoms with Gasteiger partial charge in [0.25, 0.3) is 5.91 Å². The van der Waals surface area contributed by atoms with E-state index in [-0.39, 0.29) is 12.0 Å². The molecular weight excluding hydrogens is 328 g/mol. The second-order valence-corrected chi connectivity index (χ2v) is 6.59. The topological polar surface area (TPSA) is 43.7 Å². The number of benzene rings is 2. The van der Waals surface area contributed by atoms with E-state index in [9.17, 15) is 4.79 Å². The Morgan fingerprint density at radius 2 is 1.96 bits per heavy atom. The van der Waals surface area contributed by atoms with E-state index >= 15 is 0 Å². The standard InChI is InChI=1S/C21H22N2O3/c1-22-9-3-4-19(22)21(24)23-10-11-26-20(14-23)17-6-5-16-13-18(25-2)8-7-15(16)12-17/h3-9,12-13,20H,10-11,14H2,1-2H3/t20-/m1/s1. The van der Waals surface area contributed by atoms with Crippen molar-refractivity contribution in [2.24, 2.45) is 7.05 Å². The number of ether oxygens (including phenoxy) is 2. The number of hydrogen-bond acceptors (Lipinski definition) is 3. The smallest absolute Gasteiger partial charge is 0.270 e. The first kappa shape index (κ1) is 16.7. The predicted molar refractivity (Wildman–Crippen MR) is 101 cm³/mol. The number of carbonyl (C=O) groups excluding carboxylic acids is 1. The van der Waals surface area contributed by atoms with Crippen LogP contribution in [0.1, 0.15) is 22.2 Å². The van der Waals surface area contributed by atoms with Gasteiger partial charge in [-0.15, -0.1) is 0 Å². The highest BCUT2D eigenvalue weighted by Gasteiger charge is 2.27. The van der Waals surface area contributed by atoms with Crippen molar-refractivity contribution in [3.8, 4) is 5.75 Å². The average Bonchev–Trinajstić information content (AvgIpc) is 3.12. The Bertz CT molecular complexity index is 947. The minimum absolute atomic E-state index is 0.0522. The summed E-state index contributed by atoms with van der Waals surface area (Å²) in [7, 11) is 3.56. The minimum Gasteiger partial charge on any atom is -0.497 e. The Balaban J connectivity index is 1.57. The van der Waals surface area contributed by atoms with E-state index in [0.29, 0.717) is 25.4 Å². The quantitative estimate of drug-likeness (QED) is 0.727. The first-order chi connectivity index (χ1) is 12.7. The fourth-order valence-corrected chi connectivity index (χ4v) is 3.45. The van der Waals surface area contributed by atoms with Crippen molar-refractivity contribution in [2.45, 2.75) is 6.10 Å². The number of methoxy groups -OCH3 is 1. The number of rotatable bonds is 3. The van der Waals surface area contributed by atoms with Crippen molar-refractivity contribution in [3.05, 3.63) is 66.0 Å². The number of morpholine rings is 1. The van der Waals surface area contributed by atoms with Gasteiger partial charge in [-0.3, -0.25) is 4.79 Å². The van der Waals surface area contributed by atoms with Crippen LogP contribution in [0.5, 0.6) is 5.75 Å². The molecule has 1 fully saturated rings. The van der Waals surface area contributed by atoms with Crippen molar-refractivity contribution >= 4 is 16.7 Å². The monoisotopic (exact) mass is 350 g/mol. The van der Waals surface area contributed by atoms with Crippen LogP contribution in [0.25, 0.3) is 10.8 Å². The summed E-state index contributed by atoms with van der Waals surface area (Å²) < 4.78 is 13.1. The molecule has 134 valence electrons. The summed E-state index contributed by atoms with van der Waals surface area (Å²) in [6, 6.07) is 16.1. The average molecular weight is 350 g/mol. The van der Waals surface area contributed by atoms with Gasteiger partial charge in [-0.05, 0) is 46.7 Å². The van der Waals surface area contributed by atoms with Crippen molar-refractivity contribution in [2.75, 3.05) is 26.8 Å². The molecule has 0 unspecified atom stereocenters. The lowest BCUT2D eigenvalue weighted by Gasteiger charge is -2.33. The normalized spacial score (nSPS) is 17.5. The Kier molecular flexibility index (Phi) is 4.39. The molecule has 3 aromatic rings. The molecule has 4 rings (SSSR count). The highest BCUT2D eigenvalue weighted by molar-refractivity contribution is 5.93. The van der Waals surface area contributed by atoms with E-state index in [1.165, 1.54) is 0 Å². The van der Waals surface area contributed by atoms with Crippen LogP contribution in [0.4, 0.5) is 0 Å². The van der Waals surface area contributed by atoms with Crippen LogP contribution >= 0.6 is 0 Å². The fraction of sp³-hybridized carbons (Fsp3) is 0.286. The van der Waals surface area contributed by atoms with Crippen molar-refractivity contribution in [3.63, 3.8) is 0 Å². The number of nitrogens with zero attached hydrogens (tertiary/aromatic N) is 2. The Labute approximate surface area is 152 Å². The third-order valence-corrected chi connectivity index (χ3v) is 4.96. The summed E-state index contributed by atoms with van der Waals surface area (Å²) in [6.07, 6.45) is 1.78. The van der Waals surface area contributed by atoms with Crippen molar-refractivity contribution in [1.29, 1.82) is 0 Å². The van der Waals surface area contributed by atoms with Gasteiger partial charge in [0.15, 0.2) is 0 Å². The zero-order valence-electron chi connectivity index (χ0n) is 15.0. The summed E-state index contributed by atoms with van der Waals surface area (Å²) in [5, 5.41) is 2.26. The highest BCUT2D eigenvalue weighted by Crippen LogP contribution is 2.28. The molecule has 0 saturated carbocycles. The number of aryl methyl sites for hydroxylation is 1. The number of carbonyl (C=O) groups is 1. The maximum atomic E-state index is 12.8. The zero-order valence-corrected chi connectivity index (χ0v) is 15.0. The van der Waals surface area contributed by atoms with Gasteiger partial charge in [-0.1, -0.05) is 18.2 Å². The Morgan fingerprint density at radius 3 is 2.73 bits per heavy atom. The largest absolute Gasteiger partial charge is 0.497 e. The van der Waals surface area contributed by atoms with Gasteiger partial charge >= 0.3 is 0 Å². The maximum Gasteiger partial charge on any atom is 0.270 e. The molecule has 1 aliphatic rings. The molecule has 0 radical (unpaired) electrons. The Morgan fingerprint density at radius 1 is 1.15 bits per heavy atom. The predicted octanol–water partition coefficient (Wildman–Crippen LogP) is 3.40. The van der Waals surface area contributed by atoms with Crippen LogP contribution in [0.15, 0.2) is 54.7 Å². The Hall–Kier alpha value is -2.79. The van der Waals surface area contributed by atoms with E-state index in [1.807, 2.05) is 53.0 Å². The summed E-state index contributed by atoms with van der Waals surface area (Å²) in [6.45, 7) is 1.72. The molecule has 0 bridgehead atoms. The molecule has 5 heteroatoms.